The van der Waals surface area contributed by atoms with Gasteiger partial charge in [-0.25, -0.2) is 18.1 Å². The minimum Gasteiger partial charge on any atom is -0.455 e. The second kappa shape index (κ2) is 10.3. The number of benzene rings is 1. The zero-order valence-corrected chi connectivity index (χ0v) is 24.3. The number of hydrogen-bond acceptors (Lipinski definition) is 9. The highest BCUT2D eigenvalue weighted by molar-refractivity contribution is 7.89. The van der Waals surface area contributed by atoms with E-state index in [0.717, 1.165) is 24.7 Å². The van der Waals surface area contributed by atoms with Crippen LogP contribution in [-0.2, 0) is 15.4 Å². The molecule has 1 atom stereocenters. The average Bonchev–Trinajstić information content (AvgIpc) is 3.72. The Balaban J connectivity index is 1.58. The molecule has 1 aliphatic rings. The van der Waals surface area contributed by atoms with E-state index in [4.69, 9.17) is 16.0 Å². The Morgan fingerprint density at radius 3 is 2.54 bits per heavy atom. The first kappa shape index (κ1) is 28.3. The molecule has 3 heterocycles. The van der Waals surface area contributed by atoms with Crippen molar-refractivity contribution in [2.75, 3.05) is 11.6 Å². The van der Waals surface area contributed by atoms with Crippen LogP contribution in [0.3, 0.4) is 0 Å². The lowest BCUT2D eigenvalue weighted by Crippen LogP contribution is -2.31. The molecule has 1 aliphatic carbocycles. The number of aromatic nitrogens is 2. The number of nitrogens with one attached hydrogen (secondary N) is 2. The van der Waals surface area contributed by atoms with Gasteiger partial charge in [-0.2, -0.15) is 5.26 Å². The molecule has 1 amide bonds. The van der Waals surface area contributed by atoms with Gasteiger partial charge in [0.25, 0.3) is 5.91 Å². The smallest absolute Gasteiger partial charge is 0.285 e. The van der Waals surface area contributed by atoms with E-state index in [0.29, 0.717) is 39.1 Å². The van der Waals surface area contributed by atoms with Crippen LogP contribution in [0.2, 0.25) is 5.15 Å². The first-order chi connectivity index (χ1) is 19.3. The number of anilines is 1. The first-order valence-corrected chi connectivity index (χ1v) is 15.0. The van der Waals surface area contributed by atoms with Crippen LogP contribution in [0.15, 0.2) is 51.8 Å². The molecule has 0 aliphatic heterocycles. The molecule has 210 valence electrons. The Morgan fingerprint density at radius 2 is 1.93 bits per heavy atom. The fourth-order valence-corrected chi connectivity index (χ4v) is 5.36. The van der Waals surface area contributed by atoms with Gasteiger partial charge in [-0.15, -0.1) is 0 Å². The Labute approximate surface area is 241 Å². The third-order valence-electron chi connectivity index (χ3n) is 7.06. The number of carbonyl (C=O) groups is 1. The minimum atomic E-state index is -3.85. The van der Waals surface area contributed by atoms with Gasteiger partial charge in [0.15, 0.2) is 11.1 Å². The maximum absolute atomic E-state index is 13.5. The van der Waals surface area contributed by atoms with Crippen molar-refractivity contribution in [1.29, 1.82) is 5.26 Å². The molecular weight excluding hydrogens is 566 g/mol. The third kappa shape index (κ3) is 5.53. The summed E-state index contributed by atoms with van der Waals surface area (Å²) in [5, 5.41) is 13.1. The van der Waals surface area contributed by atoms with Crippen molar-refractivity contribution >= 4 is 44.2 Å². The summed E-state index contributed by atoms with van der Waals surface area (Å²) in [5.74, 6) is -0.578. The molecular formula is C29H26ClN5O5S. The normalized spacial score (nSPS) is 14.7. The lowest BCUT2D eigenvalue weighted by Gasteiger charge is -2.20. The van der Waals surface area contributed by atoms with Crippen LogP contribution in [0.5, 0.6) is 0 Å². The lowest BCUT2D eigenvalue weighted by molar-refractivity contribution is 0.0977. The predicted octanol–water partition coefficient (Wildman–Crippen LogP) is 4.94. The van der Waals surface area contributed by atoms with Gasteiger partial charge in [-0.3, -0.25) is 14.6 Å². The molecule has 5 rings (SSSR count). The zero-order chi connectivity index (χ0) is 29.7. The average molecular weight is 592 g/mol. The number of hydrogen-bond donors (Lipinski definition) is 2. The van der Waals surface area contributed by atoms with E-state index in [1.165, 1.54) is 12.1 Å². The highest BCUT2D eigenvalue weighted by Crippen LogP contribution is 2.46. The van der Waals surface area contributed by atoms with Gasteiger partial charge in [-0.05, 0) is 69.5 Å². The number of rotatable bonds is 7. The van der Waals surface area contributed by atoms with Gasteiger partial charge in [0.1, 0.15) is 16.5 Å². The highest BCUT2D eigenvalue weighted by Gasteiger charge is 2.46. The second-order valence-electron chi connectivity index (χ2n) is 10.3. The van der Waals surface area contributed by atoms with E-state index >= 15 is 0 Å². The number of nitriles is 1. The maximum Gasteiger partial charge on any atom is 0.285 e. The van der Waals surface area contributed by atoms with E-state index in [1.54, 1.807) is 31.3 Å². The number of pyridine rings is 2. The van der Waals surface area contributed by atoms with E-state index in [-0.39, 0.29) is 22.0 Å². The van der Waals surface area contributed by atoms with Gasteiger partial charge < -0.3 is 9.73 Å². The van der Waals surface area contributed by atoms with E-state index in [1.807, 2.05) is 24.6 Å². The largest absolute Gasteiger partial charge is 0.455 e. The summed E-state index contributed by atoms with van der Waals surface area (Å²) >= 11 is 6.00. The summed E-state index contributed by atoms with van der Waals surface area (Å²) in [7, 11) is -3.85. The lowest BCUT2D eigenvalue weighted by atomic mass is 9.98. The Bertz CT molecular complexity index is 1930. The van der Waals surface area contributed by atoms with Crippen LogP contribution in [0, 0.1) is 25.2 Å². The topological polar surface area (TPSA) is 155 Å². The van der Waals surface area contributed by atoms with Gasteiger partial charge in [-0.1, -0.05) is 17.7 Å². The van der Waals surface area contributed by atoms with E-state index in [2.05, 4.69) is 21.4 Å². The SMILES string of the molecule is Cc1cc(C(C)Nc2ccc(Cl)nc2C(=O)NS(C)(=O)=O)c2oc(-c3ccc(C4(C#N)CC4)nc3)c(C)c(=O)c2c1. The van der Waals surface area contributed by atoms with Gasteiger partial charge in [0.2, 0.25) is 10.0 Å². The summed E-state index contributed by atoms with van der Waals surface area (Å²) in [6.45, 7) is 5.37. The van der Waals surface area contributed by atoms with Crippen molar-refractivity contribution in [2.24, 2.45) is 0 Å². The second-order valence-corrected chi connectivity index (χ2v) is 12.5. The van der Waals surface area contributed by atoms with Crippen molar-refractivity contribution in [3.63, 3.8) is 0 Å². The predicted molar refractivity (Wildman–Crippen MR) is 155 cm³/mol. The molecule has 2 N–H and O–H groups in total. The van der Waals surface area contributed by atoms with Crippen LogP contribution in [0.1, 0.15) is 58.7 Å². The number of fused-ring (bicyclic) bond motifs is 1. The first-order valence-electron chi connectivity index (χ1n) is 12.7. The van der Waals surface area contributed by atoms with Crippen LogP contribution in [0.4, 0.5) is 5.69 Å². The van der Waals surface area contributed by atoms with Crippen LogP contribution >= 0.6 is 11.6 Å². The van der Waals surface area contributed by atoms with Crippen LogP contribution < -0.4 is 15.5 Å². The number of nitrogens with zero attached hydrogens (tertiary/aromatic N) is 3. The summed E-state index contributed by atoms with van der Waals surface area (Å²) in [5.41, 5.74) is 2.84. The summed E-state index contributed by atoms with van der Waals surface area (Å²) in [4.78, 5) is 34.7. The third-order valence-corrected chi connectivity index (χ3v) is 7.83. The number of carbonyl (C=O) groups excluding carboxylic acids is 1. The Morgan fingerprint density at radius 1 is 1.20 bits per heavy atom. The standard InChI is InChI=1S/C29H26ClN5O5S/c1-15-11-19(17(3)33-21-6-8-23(30)34-24(21)28(37)35-41(4,38)39)27-20(12-15)25(36)16(2)26(40-27)18-5-7-22(32-13-18)29(14-31)9-10-29/h5-8,11-13,17,33H,9-10H2,1-4H3,(H,35,37). The molecule has 0 saturated heterocycles. The fourth-order valence-electron chi connectivity index (χ4n) is 4.78. The number of amides is 1. The fraction of sp³-hybridized carbons (Fsp3) is 0.276. The molecule has 10 nitrogen and oxygen atoms in total. The number of halogens is 1. The molecule has 1 saturated carbocycles. The quantitative estimate of drug-likeness (QED) is 0.284. The molecule has 0 radical (unpaired) electrons. The monoisotopic (exact) mass is 591 g/mol. The van der Waals surface area contributed by atoms with Crippen molar-refractivity contribution in [3.05, 3.63) is 86.0 Å². The Kier molecular flexibility index (Phi) is 7.09. The van der Waals surface area contributed by atoms with Crippen LogP contribution in [-0.4, -0.2) is 30.5 Å². The van der Waals surface area contributed by atoms with Crippen molar-refractivity contribution < 1.29 is 17.6 Å². The molecule has 3 aromatic heterocycles. The maximum atomic E-state index is 13.5. The minimum absolute atomic E-state index is 0.0102. The molecule has 0 spiro atoms. The summed E-state index contributed by atoms with van der Waals surface area (Å²) < 4.78 is 31.6. The van der Waals surface area contributed by atoms with Gasteiger partial charge in [0, 0.05) is 22.9 Å². The molecule has 4 aromatic rings. The van der Waals surface area contributed by atoms with Gasteiger partial charge >= 0.3 is 0 Å². The van der Waals surface area contributed by atoms with E-state index in [9.17, 15) is 23.3 Å². The van der Waals surface area contributed by atoms with Crippen molar-refractivity contribution in [3.8, 4) is 17.4 Å². The zero-order valence-electron chi connectivity index (χ0n) is 22.7. The molecule has 1 aromatic carbocycles. The van der Waals surface area contributed by atoms with Crippen molar-refractivity contribution in [2.45, 2.75) is 45.1 Å². The summed E-state index contributed by atoms with van der Waals surface area (Å²) in [6.07, 6.45) is 4.02. The van der Waals surface area contributed by atoms with Crippen molar-refractivity contribution in [1.82, 2.24) is 14.7 Å². The van der Waals surface area contributed by atoms with E-state index < -0.39 is 27.4 Å². The molecule has 41 heavy (non-hydrogen) atoms. The molecule has 1 unspecified atom stereocenters. The molecule has 1 fully saturated rings. The summed E-state index contributed by atoms with van der Waals surface area (Å²) in [6, 6.07) is 12.0. The van der Waals surface area contributed by atoms with Gasteiger partial charge in [0.05, 0.1) is 40.5 Å². The Hall–Kier alpha value is -4.27. The highest BCUT2D eigenvalue weighted by atomic mass is 35.5. The van der Waals surface area contributed by atoms with Crippen LogP contribution in [0.25, 0.3) is 22.3 Å². The molecule has 12 heteroatoms. The molecule has 0 bridgehead atoms. The number of sulfonamides is 1. The number of aryl methyl sites for hydroxylation is 1.